The summed E-state index contributed by atoms with van der Waals surface area (Å²) in [7, 11) is -3.27. The van der Waals surface area contributed by atoms with Gasteiger partial charge in [0.25, 0.3) is 0 Å². The van der Waals surface area contributed by atoms with E-state index in [-0.39, 0.29) is 29.4 Å². The van der Waals surface area contributed by atoms with E-state index in [0.29, 0.717) is 0 Å². The minimum Gasteiger partial charge on any atom is -0.352 e. The predicted molar refractivity (Wildman–Crippen MR) is 74.6 cm³/mol. The van der Waals surface area contributed by atoms with E-state index in [0.717, 1.165) is 51.6 Å². The maximum Gasteiger partial charge on any atom is 0.235 e. The third-order valence-corrected chi connectivity index (χ3v) is 5.64. The maximum absolute atomic E-state index is 12.0. The van der Waals surface area contributed by atoms with Gasteiger partial charge in [-0.25, -0.2) is 8.42 Å². The molecule has 6 heteroatoms. The van der Waals surface area contributed by atoms with Crippen LogP contribution >= 0.6 is 0 Å². The first-order valence-electron chi connectivity index (χ1n) is 7.26. The molecule has 110 valence electrons. The molecule has 0 spiro atoms. The monoisotopic (exact) mass is 288 g/mol. The molecule has 1 saturated carbocycles. The molecule has 1 aliphatic heterocycles. The van der Waals surface area contributed by atoms with Gasteiger partial charge in [-0.2, -0.15) is 0 Å². The maximum atomic E-state index is 12.0. The van der Waals surface area contributed by atoms with Gasteiger partial charge in [-0.15, -0.1) is 0 Å². The molecular formula is C13H24N2O3S. The number of carbonyl (C=O) groups excluding carboxylic acids is 1. The van der Waals surface area contributed by atoms with Crippen molar-refractivity contribution in [3.8, 4) is 0 Å². The Morgan fingerprint density at radius 3 is 2.53 bits per heavy atom. The van der Waals surface area contributed by atoms with Crippen LogP contribution in [0.2, 0.25) is 0 Å². The third-order valence-electron chi connectivity index (χ3n) is 3.96. The first kappa shape index (κ1) is 14.8. The van der Waals surface area contributed by atoms with Gasteiger partial charge in [0.1, 0.15) is 5.75 Å². The summed E-state index contributed by atoms with van der Waals surface area (Å²) in [6.07, 6.45) is 6.19. The van der Waals surface area contributed by atoms with Crippen molar-refractivity contribution in [1.82, 2.24) is 10.6 Å². The average Bonchev–Trinajstić information content (AvgIpc) is 2.81. The second kappa shape index (κ2) is 6.70. The van der Waals surface area contributed by atoms with Crippen LogP contribution in [-0.2, 0) is 14.6 Å². The molecule has 0 aromatic rings. The molecule has 2 aliphatic rings. The summed E-state index contributed by atoms with van der Waals surface area (Å²) >= 11 is 0. The van der Waals surface area contributed by atoms with Crippen LogP contribution < -0.4 is 10.6 Å². The van der Waals surface area contributed by atoms with E-state index in [4.69, 9.17) is 0 Å². The lowest BCUT2D eigenvalue weighted by Crippen LogP contribution is -2.39. The molecule has 0 aromatic carbocycles. The van der Waals surface area contributed by atoms with E-state index in [2.05, 4.69) is 10.6 Å². The van der Waals surface area contributed by atoms with E-state index in [9.17, 15) is 13.2 Å². The van der Waals surface area contributed by atoms with Crippen LogP contribution in [0.1, 0.15) is 38.5 Å². The Hall–Kier alpha value is -0.620. The lowest BCUT2D eigenvalue weighted by molar-refractivity contribution is -0.119. The predicted octanol–water partition coefficient (Wildman–Crippen LogP) is 0.460. The molecule has 0 aromatic heterocycles. The number of nitrogens with one attached hydrogen (secondary N) is 2. The standard InChI is InChI=1S/C13H24N2O3S/c16-13(15-12-5-1-2-6-12)10-19(17,18)9-11-4-3-7-14-8-11/h11-12,14H,1-10H2,(H,15,16). The minimum atomic E-state index is -3.27. The number of sulfone groups is 1. The zero-order chi connectivity index (χ0) is 13.7. The Bertz CT molecular complexity index is 396. The Labute approximate surface area is 115 Å². The Balaban J connectivity index is 1.77. The molecule has 0 bridgehead atoms. The summed E-state index contributed by atoms with van der Waals surface area (Å²) < 4.78 is 24.0. The lowest BCUT2D eigenvalue weighted by atomic mass is 10.0. The summed E-state index contributed by atoms with van der Waals surface area (Å²) in [6.45, 7) is 1.72. The fourth-order valence-corrected chi connectivity index (χ4v) is 4.63. The van der Waals surface area contributed by atoms with Crippen LogP contribution in [0.3, 0.4) is 0 Å². The summed E-state index contributed by atoms with van der Waals surface area (Å²) in [5, 5.41) is 6.04. The second-order valence-corrected chi connectivity index (χ2v) is 7.92. The van der Waals surface area contributed by atoms with E-state index in [1.165, 1.54) is 0 Å². The highest BCUT2D eigenvalue weighted by atomic mass is 32.2. The van der Waals surface area contributed by atoms with Gasteiger partial charge >= 0.3 is 0 Å². The number of piperidine rings is 1. The first-order chi connectivity index (χ1) is 9.05. The number of rotatable bonds is 5. The van der Waals surface area contributed by atoms with Gasteiger partial charge in [0.15, 0.2) is 9.84 Å². The first-order valence-corrected chi connectivity index (χ1v) is 9.08. The lowest BCUT2D eigenvalue weighted by Gasteiger charge is -2.22. The third kappa shape index (κ3) is 5.10. The normalized spacial score (nSPS) is 25.4. The Morgan fingerprint density at radius 2 is 1.89 bits per heavy atom. The molecule has 5 nitrogen and oxygen atoms in total. The minimum absolute atomic E-state index is 0.137. The second-order valence-electron chi connectivity index (χ2n) is 5.82. The fraction of sp³-hybridized carbons (Fsp3) is 0.923. The largest absolute Gasteiger partial charge is 0.352 e. The molecule has 2 rings (SSSR count). The Morgan fingerprint density at radius 1 is 1.16 bits per heavy atom. The molecule has 1 amide bonds. The van der Waals surface area contributed by atoms with Crippen molar-refractivity contribution < 1.29 is 13.2 Å². The summed E-state index contributed by atoms with van der Waals surface area (Å²) in [6, 6.07) is 0.194. The van der Waals surface area contributed by atoms with Crippen LogP contribution in [-0.4, -0.2) is 45.0 Å². The highest BCUT2D eigenvalue weighted by molar-refractivity contribution is 7.92. The summed E-state index contributed by atoms with van der Waals surface area (Å²) in [5.41, 5.74) is 0. The van der Waals surface area contributed by atoms with Crippen LogP contribution in [0.4, 0.5) is 0 Å². The van der Waals surface area contributed by atoms with Crippen LogP contribution in [0.5, 0.6) is 0 Å². The topological polar surface area (TPSA) is 75.3 Å². The van der Waals surface area contributed by atoms with E-state index < -0.39 is 9.84 Å². The van der Waals surface area contributed by atoms with Crippen molar-refractivity contribution in [3.05, 3.63) is 0 Å². The molecule has 1 saturated heterocycles. The average molecular weight is 288 g/mol. The zero-order valence-electron chi connectivity index (χ0n) is 11.4. The van der Waals surface area contributed by atoms with Crippen molar-refractivity contribution in [3.63, 3.8) is 0 Å². The van der Waals surface area contributed by atoms with Crippen LogP contribution in [0.15, 0.2) is 0 Å². The Kier molecular flexibility index (Phi) is 5.21. The van der Waals surface area contributed by atoms with Gasteiger partial charge in [0, 0.05) is 6.04 Å². The van der Waals surface area contributed by atoms with Crippen molar-refractivity contribution in [2.24, 2.45) is 5.92 Å². The summed E-state index contributed by atoms with van der Waals surface area (Å²) in [4.78, 5) is 11.8. The molecule has 1 aliphatic carbocycles. The van der Waals surface area contributed by atoms with E-state index in [1.807, 2.05) is 0 Å². The highest BCUT2D eigenvalue weighted by Gasteiger charge is 2.25. The van der Waals surface area contributed by atoms with Gasteiger partial charge in [-0.05, 0) is 44.7 Å². The molecule has 19 heavy (non-hydrogen) atoms. The highest BCUT2D eigenvalue weighted by Crippen LogP contribution is 2.18. The van der Waals surface area contributed by atoms with Gasteiger partial charge < -0.3 is 10.6 Å². The SMILES string of the molecule is O=C(CS(=O)(=O)CC1CCCNC1)NC1CCCC1. The molecule has 1 atom stereocenters. The molecule has 2 N–H and O–H groups in total. The number of hydrogen-bond donors (Lipinski definition) is 2. The quantitative estimate of drug-likeness (QED) is 0.770. The van der Waals surface area contributed by atoms with Crippen LogP contribution in [0, 0.1) is 5.92 Å². The molecule has 1 unspecified atom stereocenters. The molecule has 2 fully saturated rings. The number of amides is 1. The summed E-state index contributed by atoms with van der Waals surface area (Å²) in [5.74, 6) is -0.369. The molecule has 0 radical (unpaired) electrons. The van der Waals surface area contributed by atoms with Gasteiger partial charge in [-0.3, -0.25) is 4.79 Å². The number of carbonyl (C=O) groups is 1. The molecule has 1 heterocycles. The zero-order valence-corrected chi connectivity index (χ0v) is 12.2. The molecular weight excluding hydrogens is 264 g/mol. The van der Waals surface area contributed by atoms with Gasteiger partial charge in [-0.1, -0.05) is 12.8 Å². The van der Waals surface area contributed by atoms with E-state index >= 15 is 0 Å². The smallest absolute Gasteiger partial charge is 0.235 e. The number of hydrogen-bond acceptors (Lipinski definition) is 4. The van der Waals surface area contributed by atoms with Crippen molar-refractivity contribution in [2.75, 3.05) is 24.6 Å². The van der Waals surface area contributed by atoms with Gasteiger partial charge in [0.2, 0.25) is 5.91 Å². The van der Waals surface area contributed by atoms with E-state index in [1.54, 1.807) is 0 Å². The van der Waals surface area contributed by atoms with Crippen molar-refractivity contribution in [2.45, 2.75) is 44.6 Å². The fourth-order valence-electron chi connectivity index (χ4n) is 3.02. The van der Waals surface area contributed by atoms with Gasteiger partial charge in [0.05, 0.1) is 5.75 Å². The van der Waals surface area contributed by atoms with Crippen LogP contribution in [0.25, 0.3) is 0 Å². The van der Waals surface area contributed by atoms with Crippen molar-refractivity contribution in [1.29, 1.82) is 0 Å². The van der Waals surface area contributed by atoms with Crippen molar-refractivity contribution >= 4 is 15.7 Å².